The third-order valence-electron chi connectivity index (χ3n) is 4.58. The lowest BCUT2D eigenvalue weighted by atomic mass is 10.1. The van der Waals surface area contributed by atoms with Crippen LogP contribution in [-0.4, -0.2) is 31.4 Å². The Balaban J connectivity index is 1.58. The Hall–Kier alpha value is -2.08. The van der Waals surface area contributed by atoms with Crippen molar-refractivity contribution < 1.29 is 14.5 Å². The number of anilines is 2. The largest absolute Gasteiger partial charge is 0.327 e. The van der Waals surface area contributed by atoms with Crippen LogP contribution in [0, 0.1) is 0 Å². The summed E-state index contributed by atoms with van der Waals surface area (Å²) in [5.74, 6) is -0.306. The summed E-state index contributed by atoms with van der Waals surface area (Å²) in [7, 11) is 0. The Labute approximate surface area is 168 Å². The minimum Gasteiger partial charge on any atom is -0.327 e. The van der Waals surface area contributed by atoms with E-state index in [2.05, 4.69) is 10.6 Å². The summed E-state index contributed by atoms with van der Waals surface area (Å²) in [6.07, 6.45) is 3.59. The SMILES string of the molecule is O=C(C[NH+]1CCCCC1)Nc1ccc(NC(=O)c2ccc(Cl)cc2)cc1Cl. The first kappa shape index (κ1) is 19.7. The Bertz CT molecular complexity index is 818. The van der Waals surface area contributed by atoms with Gasteiger partial charge in [-0.2, -0.15) is 0 Å². The molecule has 1 fully saturated rings. The first-order valence-electron chi connectivity index (χ1n) is 9.01. The molecule has 3 rings (SSSR count). The molecule has 7 heteroatoms. The molecule has 0 atom stereocenters. The van der Waals surface area contributed by atoms with Crippen LogP contribution in [-0.2, 0) is 4.79 Å². The van der Waals surface area contributed by atoms with E-state index in [9.17, 15) is 9.59 Å². The first-order valence-corrected chi connectivity index (χ1v) is 9.77. The molecule has 0 bridgehead atoms. The molecule has 2 aromatic rings. The molecule has 27 heavy (non-hydrogen) atoms. The normalized spacial score (nSPS) is 14.6. The molecule has 0 unspecified atom stereocenters. The number of rotatable bonds is 5. The van der Waals surface area contributed by atoms with Crippen molar-refractivity contribution in [3.63, 3.8) is 0 Å². The van der Waals surface area contributed by atoms with Crippen molar-refractivity contribution >= 4 is 46.4 Å². The average Bonchev–Trinajstić information content (AvgIpc) is 2.65. The predicted octanol–water partition coefficient (Wildman–Crippen LogP) is 3.25. The zero-order valence-electron chi connectivity index (χ0n) is 14.9. The first-order chi connectivity index (χ1) is 13.0. The Morgan fingerprint density at radius 3 is 2.30 bits per heavy atom. The Morgan fingerprint density at radius 1 is 0.926 bits per heavy atom. The van der Waals surface area contributed by atoms with Crippen LogP contribution in [0.25, 0.3) is 0 Å². The maximum Gasteiger partial charge on any atom is 0.279 e. The van der Waals surface area contributed by atoms with E-state index in [0.29, 0.717) is 33.5 Å². The quantitative estimate of drug-likeness (QED) is 0.713. The maximum atomic E-state index is 12.3. The van der Waals surface area contributed by atoms with E-state index in [1.54, 1.807) is 42.5 Å². The van der Waals surface area contributed by atoms with Crippen LogP contribution >= 0.6 is 23.2 Å². The van der Waals surface area contributed by atoms with Crippen LogP contribution in [0.5, 0.6) is 0 Å². The minimum atomic E-state index is -0.256. The number of halogens is 2. The van der Waals surface area contributed by atoms with Crippen LogP contribution in [0.15, 0.2) is 42.5 Å². The summed E-state index contributed by atoms with van der Waals surface area (Å²) >= 11 is 12.1. The van der Waals surface area contributed by atoms with Gasteiger partial charge in [0.05, 0.1) is 23.8 Å². The van der Waals surface area contributed by atoms with Crippen molar-refractivity contribution in [2.24, 2.45) is 0 Å². The van der Waals surface area contributed by atoms with Crippen LogP contribution in [0.3, 0.4) is 0 Å². The van der Waals surface area contributed by atoms with Crippen LogP contribution in [0.4, 0.5) is 11.4 Å². The third-order valence-corrected chi connectivity index (χ3v) is 5.14. The van der Waals surface area contributed by atoms with Crippen molar-refractivity contribution in [2.45, 2.75) is 19.3 Å². The number of amides is 2. The molecule has 1 saturated heterocycles. The summed E-state index contributed by atoms with van der Waals surface area (Å²) in [4.78, 5) is 25.8. The standard InChI is InChI=1S/C20H21Cl2N3O2/c21-15-6-4-14(5-7-15)20(27)23-16-8-9-18(17(22)12-16)24-19(26)13-25-10-2-1-3-11-25/h4-9,12H,1-3,10-11,13H2,(H,23,27)(H,24,26)/p+1. The average molecular weight is 407 g/mol. The number of quaternary nitrogens is 1. The maximum absolute atomic E-state index is 12.3. The number of hydrogen-bond acceptors (Lipinski definition) is 2. The molecule has 1 aliphatic heterocycles. The highest BCUT2D eigenvalue weighted by Gasteiger charge is 2.18. The number of hydrogen-bond donors (Lipinski definition) is 3. The van der Waals surface area contributed by atoms with Crippen LogP contribution in [0.1, 0.15) is 29.6 Å². The van der Waals surface area contributed by atoms with Crippen molar-refractivity contribution in [3.8, 4) is 0 Å². The number of benzene rings is 2. The highest BCUT2D eigenvalue weighted by Crippen LogP contribution is 2.26. The molecule has 0 aliphatic carbocycles. The lowest BCUT2D eigenvalue weighted by Gasteiger charge is -2.22. The van der Waals surface area contributed by atoms with E-state index in [1.165, 1.54) is 24.2 Å². The van der Waals surface area contributed by atoms with Gasteiger partial charge in [-0.3, -0.25) is 9.59 Å². The molecule has 0 spiro atoms. The molecule has 2 aromatic carbocycles. The minimum absolute atomic E-state index is 0.0493. The van der Waals surface area contributed by atoms with Crippen LogP contribution < -0.4 is 15.5 Å². The number of piperidine rings is 1. The molecule has 3 N–H and O–H groups in total. The van der Waals surface area contributed by atoms with Gasteiger partial charge in [0.25, 0.3) is 11.8 Å². The van der Waals surface area contributed by atoms with Gasteiger partial charge < -0.3 is 15.5 Å². The lowest BCUT2D eigenvalue weighted by Crippen LogP contribution is -3.13. The monoisotopic (exact) mass is 406 g/mol. The zero-order valence-corrected chi connectivity index (χ0v) is 16.4. The van der Waals surface area contributed by atoms with Gasteiger partial charge in [-0.15, -0.1) is 0 Å². The van der Waals surface area contributed by atoms with Crippen molar-refractivity contribution in [1.29, 1.82) is 0 Å². The molecular formula is C20H22Cl2N3O2+. The fraction of sp³-hybridized carbons (Fsp3) is 0.300. The second-order valence-electron chi connectivity index (χ2n) is 6.69. The van der Waals surface area contributed by atoms with E-state index >= 15 is 0 Å². The van der Waals surface area contributed by atoms with Gasteiger partial charge in [0.2, 0.25) is 0 Å². The van der Waals surface area contributed by atoms with E-state index < -0.39 is 0 Å². The Morgan fingerprint density at radius 2 is 1.63 bits per heavy atom. The molecule has 0 radical (unpaired) electrons. The second-order valence-corrected chi connectivity index (χ2v) is 7.53. The van der Waals surface area contributed by atoms with E-state index in [-0.39, 0.29) is 11.8 Å². The smallest absolute Gasteiger partial charge is 0.279 e. The van der Waals surface area contributed by atoms with Gasteiger partial charge in [-0.25, -0.2) is 0 Å². The zero-order chi connectivity index (χ0) is 19.2. The molecule has 0 saturated carbocycles. The van der Waals surface area contributed by atoms with Gasteiger partial charge in [0.15, 0.2) is 6.54 Å². The van der Waals surface area contributed by atoms with Gasteiger partial charge in [0, 0.05) is 16.3 Å². The molecule has 1 heterocycles. The fourth-order valence-corrected chi connectivity index (χ4v) is 3.50. The molecule has 2 amide bonds. The van der Waals surface area contributed by atoms with Crippen molar-refractivity contribution in [1.82, 2.24) is 0 Å². The molecule has 5 nitrogen and oxygen atoms in total. The van der Waals surface area contributed by atoms with Gasteiger partial charge in [-0.05, 0) is 61.7 Å². The van der Waals surface area contributed by atoms with Gasteiger partial charge in [-0.1, -0.05) is 23.2 Å². The van der Waals surface area contributed by atoms with E-state index in [4.69, 9.17) is 23.2 Å². The molecule has 142 valence electrons. The fourth-order valence-electron chi connectivity index (χ4n) is 3.15. The highest BCUT2D eigenvalue weighted by molar-refractivity contribution is 6.34. The number of carbonyl (C=O) groups excluding carboxylic acids is 2. The summed E-state index contributed by atoms with van der Waals surface area (Å²) in [5, 5.41) is 6.59. The van der Waals surface area contributed by atoms with Crippen molar-refractivity contribution in [3.05, 3.63) is 58.1 Å². The summed E-state index contributed by atoms with van der Waals surface area (Å²) in [6, 6.07) is 11.7. The molecule has 1 aliphatic rings. The predicted molar refractivity (Wildman–Crippen MR) is 109 cm³/mol. The third kappa shape index (κ3) is 5.70. The second kappa shape index (κ2) is 9.22. The summed E-state index contributed by atoms with van der Waals surface area (Å²) in [6.45, 7) is 2.53. The number of nitrogens with one attached hydrogen (secondary N) is 3. The molecular weight excluding hydrogens is 385 g/mol. The number of likely N-dealkylation sites (tertiary alicyclic amines) is 1. The highest BCUT2D eigenvalue weighted by atomic mass is 35.5. The number of carbonyl (C=O) groups is 2. The van der Waals surface area contributed by atoms with Crippen LogP contribution in [0.2, 0.25) is 10.0 Å². The van der Waals surface area contributed by atoms with Crippen molar-refractivity contribution in [2.75, 3.05) is 30.3 Å². The Kier molecular flexibility index (Phi) is 6.72. The topological polar surface area (TPSA) is 62.6 Å². The summed E-state index contributed by atoms with van der Waals surface area (Å²) < 4.78 is 0. The van der Waals surface area contributed by atoms with E-state index in [1.807, 2.05) is 0 Å². The lowest BCUT2D eigenvalue weighted by molar-refractivity contribution is -0.896. The van der Waals surface area contributed by atoms with Gasteiger partial charge in [0.1, 0.15) is 0 Å². The molecule has 0 aromatic heterocycles. The summed E-state index contributed by atoms with van der Waals surface area (Å²) in [5.41, 5.74) is 1.60. The van der Waals surface area contributed by atoms with Gasteiger partial charge >= 0.3 is 0 Å². The van der Waals surface area contributed by atoms with E-state index in [0.717, 1.165) is 13.1 Å².